The highest BCUT2D eigenvalue weighted by Crippen LogP contribution is 2.45. The quantitative estimate of drug-likeness (QED) is 0.704. The number of benzene rings is 1. The van der Waals surface area contributed by atoms with Crippen LogP contribution >= 0.6 is 0 Å². The zero-order valence-electron chi connectivity index (χ0n) is 9.96. The van der Waals surface area contributed by atoms with Crippen LogP contribution in [-0.2, 0) is 4.79 Å². The fourth-order valence-corrected chi connectivity index (χ4v) is 3.02. The van der Waals surface area contributed by atoms with Crippen LogP contribution in [0.2, 0.25) is 0 Å². The standard InChI is InChI=1S/C14H13NO4/c16-13(17)10-6-2-4-8-7-3-1-5-9(7)12(14(18)19)15-11(8)10/h1-4,6-7,9,12,15H,5H2,(H,16,17)(H,18,19)/p-2. The summed E-state index contributed by atoms with van der Waals surface area (Å²) >= 11 is 0. The molecule has 1 aliphatic heterocycles. The summed E-state index contributed by atoms with van der Waals surface area (Å²) < 4.78 is 0. The Bertz CT molecular complexity index is 593. The maximum absolute atomic E-state index is 11.2. The van der Waals surface area contributed by atoms with Crippen LogP contribution < -0.4 is 15.5 Å². The van der Waals surface area contributed by atoms with E-state index in [0.29, 0.717) is 12.1 Å². The molecule has 1 N–H and O–H groups in total. The first-order valence-corrected chi connectivity index (χ1v) is 6.08. The van der Waals surface area contributed by atoms with E-state index in [9.17, 15) is 19.8 Å². The maximum Gasteiger partial charge on any atom is 0.0736 e. The smallest absolute Gasteiger partial charge is 0.0736 e. The zero-order valence-corrected chi connectivity index (χ0v) is 9.96. The summed E-state index contributed by atoms with van der Waals surface area (Å²) in [5.41, 5.74) is 1.13. The summed E-state index contributed by atoms with van der Waals surface area (Å²) in [6.07, 6.45) is 4.50. The number of fused-ring (bicyclic) bond motifs is 3. The number of anilines is 1. The van der Waals surface area contributed by atoms with Gasteiger partial charge in [0.15, 0.2) is 0 Å². The number of carboxylic acid groups (broad SMARTS) is 2. The Morgan fingerprint density at radius 2 is 2.05 bits per heavy atom. The Morgan fingerprint density at radius 3 is 2.74 bits per heavy atom. The predicted octanol–water partition coefficient (Wildman–Crippen LogP) is -0.746. The molecule has 5 nitrogen and oxygen atoms in total. The van der Waals surface area contributed by atoms with Gasteiger partial charge in [-0.15, -0.1) is 0 Å². The lowest BCUT2D eigenvalue weighted by molar-refractivity contribution is -0.308. The Kier molecular flexibility index (Phi) is 2.55. The lowest BCUT2D eigenvalue weighted by Gasteiger charge is -2.38. The number of hydrogen-bond acceptors (Lipinski definition) is 5. The topological polar surface area (TPSA) is 92.3 Å². The first-order chi connectivity index (χ1) is 9.09. The Labute approximate surface area is 109 Å². The lowest BCUT2D eigenvalue weighted by Crippen LogP contribution is -2.49. The molecule has 0 saturated heterocycles. The van der Waals surface area contributed by atoms with Crippen molar-refractivity contribution in [2.75, 3.05) is 5.32 Å². The van der Waals surface area contributed by atoms with Gasteiger partial charge in [-0.2, -0.15) is 0 Å². The van der Waals surface area contributed by atoms with E-state index in [0.717, 1.165) is 5.56 Å². The molecule has 1 heterocycles. The molecular weight excluding hydrogens is 246 g/mol. The number of carbonyl (C=O) groups is 2. The number of allylic oxidation sites excluding steroid dienone is 2. The van der Waals surface area contributed by atoms with Gasteiger partial charge in [0.1, 0.15) is 0 Å². The monoisotopic (exact) mass is 257 g/mol. The number of nitrogens with one attached hydrogen (secondary N) is 1. The molecule has 2 aliphatic rings. The summed E-state index contributed by atoms with van der Waals surface area (Å²) in [4.78, 5) is 22.3. The molecule has 0 spiro atoms. The van der Waals surface area contributed by atoms with Gasteiger partial charge in [-0.3, -0.25) is 0 Å². The third-order valence-corrected chi connectivity index (χ3v) is 3.87. The van der Waals surface area contributed by atoms with E-state index in [4.69, 9.17) is 0 Å². The maximum atomic E-state index is 11.2. The van der Waals surface area contributed by atoms with E-state index in [1.165, 1.54) is 6.07 Å². The average Bonchev–Trinajstić information content (AvgIpc) is 2.85. The van der Waals surface area contributed by atoms with Crippen LogP contribution in [0.1, 0.15) is 28.3 Å². The molecule has 1 aromatic rings. The Balaban J connectivity index is 2.15. The second kappa shape index (κ2) is 4.12. The first-order valence-electron chi connectivity index (χ1n) is 6.08. The van der Waals surface area contributed by atoms with Crippen LogP contribution in [0.5, 0.6) is 0 Å². The highest BCUT2D eigenvalue weighted by molar-refractivity contribution is 5.95. The van der Waals surface area contributed by atoms with E-state index >= 15 is 0 Å². The van der Waals surface area contributed by atoms with Crippen molar-refractivity contribution >= 4 is 17.6 Å². The van der Waals surface area contributed by atoms with Gasteiger partial charge < -0.3 is 25.1 Å². The van der Waals surface area contributed by atoms with Gasteiger partial charge in [0.2, 0.25) is 0 Å². The van der Waals surface area contributed by atoms with Crippen LogP contribution in [-0.4, -0.2) is 18.0 Å². The summed E-state index contributed by atoms with van der Waals surface area (Å²) in [7, 11) is 0. The normalized spacial score (nSPS) is 27.3. The molecule has 0 fully saturated rings. The zero-order chi connectivity index (χ0) is 13.6. The highest BCUT2D eigenvalue weighted by Gasteiger charge is 2.38. The fraction of sp³-hybridized carbons (Fsp3) is 0.286. The summed E-state index contributed by atoms with van der Waals surface area (Å²) in [5, 5.41) is 25.1. The van der Waals surface area contributed by atoms with E-state index in [1.54, 1.807) is 6.07 Å². The molecule has 3 rings (SSSR count). The third-order valence-electron chi connectivity index (χ3n) is 3.87. The molecule has 1 aliphatic carbocycles. The van der Waals surface area contributed by atoms with Crippen molar-refractivity contribution < 1.29 is 19.8 Å². The van der Waals surface area contributed by atoms with Crippen molar-refractivity contribution in [3.05, 3.63) is 41.5 Å². The molecule has 5 heteroatoms. The molecule has 0 aromatic heterocycles. The van der Waals surface area contributed by atoms with Crippen molar-refractivity contribution in [3.8, 4) is 0 Å². The second-order valence-corrected chi connectivity index (χ2v) is 4.85. The Morgan fingerprint density at radius 1 is 1.26 bits per heavy atom. The van der Waals surface area contributed by atoms with Gasteiger partial charge >= 0.3 is 0 Å². The number of aromatic carboxylic acids is 1. The summed E-state index contributed by atoms with van der Waals surface area (Å²) in [6, 6.07) is 3.99. The minimum Gasteiger partial charge on any atom is -0.548 e. The Hall–Kier alpha value is -2.30. The van der Waals surface area contributed by atoms with Crippen LogP contribution in [0, 0.1) is 5.92 Å². The van der Waals surface area contributed by atoms with Crippen molar-refractivity contribution in [1.29, 1.82) is 0 Å². The largest absolute Gasteiger partial charge is 0.548 e. The minimum atomic E-state index is -1.32. The molecule has 1 aromatic carbocycles. The first kappa shape index (κ1) is 11.8. The number of hydrogen-bond donors (Lipinski definition) is 1. The molecule has 98 valence electrons. The number of carboxylic acids is 2. The number of carbonyl (C=O) groups excluding carboxylic acids is 2. The molecule has 0 saturated carbocycles. The third kappa shape index (κ3) is 1.69. The molecule has 0 bridgehead atoms. The number of rotatable bonds is 2. The fourth-order valence-electron chi connectivity index (χ4n) is 3.02. The summed E-state index contributed by atoms with van der Waals surface area (Å²) in [6.45, 7) is 0. The molecular formula is C14H11NO4-2. The van der Waals surface area contributed by atoms with Gasteiger partial charge in [0.25, 0.3) is 0 Å². The van der Waals surface area contributed by atoms with Crippen LogP contribution in [0.15, 0.2) is 30.4 Å². The van der Waals surface area contributed by atoms with Crippen molar-refractivity contribution in [1.82, 2.24) is 0 Å². The van der Waals surface area contributed by atoms with E-state index in [1.807, 2.05) is 18.2 Å². The van der Waals surface area contributed by atoms with Gasteiger partial charge in [0, 0.05) is 17.2 Å². The van der Waals surface area contributed by atoms with Crippen molar-refractivity contribution in [3.63, 3.8) is 0 Å². The minimum absolute atomic E-state index is 0.0116. The van der Waals surface area contributed by atoms with Gasteiger partial charge in [-0.05, 0) is 17.9 Å². The van der Waals surface area contributed by atoms with E-state index < -0.39 is 18.0 Å². The van der Waals surface area contributed by atoms with Crippen LogP contribution in [0.25, 0.3) is 0 Å². The van der Waals surface area contributed by atoms with Crippen molar-refractivity contribution in [2.24, 2.45) is 5.92 Å². The molecule has 0 radical (unpaired) electrons. The second-order valence-electron chi connectivity index (χ2n) is 4.85. The van der Waals surface area contributed by atoms with Gasteiger partial charge in [-0.1, -0.05) is 30.4 Å². The molecule has 0 amide bonds. The van der Waals surface area contributed by atoms with Crippen LogP contribution in [0.4, 0.5) is 5.69 Å². The lowest BCUT2D eigenvalue weighted by atomic mass is 9.78. The SMILES string of the molecule is O=C([O-])c1cccc2c1NC(C(=O)[O-])C1CC=CC21. The van der Waals surface area contributed by atoms with Gasteiger partial charge in [-0.25, -0.2) is 0 Å². The average molecular weight is 257 g/mol. The number of aliphatic carboxylic acids is 1. The predicted molar refractivity (Wildman–Crippen MR) is 63.2 cm³/mol. The van der Waals surface area contributed by atoms with Gasteiger partial charge in [0.05, 0.1) is 18.0 Å². The molecule has 19 heavy (non-hydrogen) atoms. The number of para-hydroxylation sites is 1. The van der Waals surface area contributed by atoms with Crippen molar-refractivity contribution in [2.45, 2.75) is 18.4 Å². The van der Waals surface area contributed by atoms with E-state index in [2.05, 4.69) is 5.32 Å². The highest BCUT2D eigenvalue weighted by atomic mass is 16.4. The summed E-state index contributed by atoms with van der Waals surface area (Å²) in [5.74, 6) is -2.74. The molecule has 3 atom stereocenters. The van der Waals surface area contributed by atoms with Crippen LogP contribution in [0.3, 0.4) is 0 Å². The van der Waals surface area contributed by atoms with E-state index in [-0.39, 0.29) is 17.4 Å². The molecule has 3 unspecified atom stereocenters.